The van der Waals surface area contributed by atoms with Gasteiger partial charge in [0.25, 0.3) is 5.91 Å². The molecule has 1 N–H and O–H groups in total. The van der Waals surface area contributed by atoms with Crippen LogP contribution in [-0.4, -0.2) is 35.2 Å². The minimum Gasteiger partial charge on any atom is -0.477 e. The summed E-state index contributed by atoms with van der Waals surface area (Å²) >= 11 is 0. The van der Waals surface area contributed by atoms with Crippen LogP contribution in [0.4, 0.5) is 17.1 Å². The minimum absolute atomic E-state index is 0.119. The van der Waals surface area contributed by atoms with Crippen molar-refractivity contribution in [3.8, 4) is 5.75 Å². The Balaban J connectivity index is 1.88. The van der Waals surface area contributed by atoms with Crippen molar-refractivity contribution in [3.63, 3.8) is 0 Å². The predicted molar refractivity (Wildman–Crippen MR) is 101 cm³/mol. The number of carbonyl (C=O) groups excluding carboxylic acids is 3. The Labute approximate surface area is 160 Å². The monoisotopic (exact) mass is 383 g/mol. The Kier molecular flexibility index (Phi) is 4.83. The van der Waals surface area contributed by atoms with E-state index >= 15 is 0 Å². The van der Waals surface area contributed by atoms with Gasteiger partial charge in [-0.05, 0) is 38.1 Å². The lowest BCUT2D eigenvalue weighted by atomic mass is 9.96. The van der Waals surface area contributed by atoms with Crippen LogP contribution in [0.25, 0.3) is 0 Å². The van der Waals surface area contributed by atoms with E-state index in [1.54, 1.807) is 38.1 Å². The SMILES string of the molecule is CC1(C)C(=O)Nc2ccccc2N1C(=O)COc1ccc(C=O)cc1[N+](=O)[O-]. The molecule has 1 heterocycles. The van der Waals surface area contributed by atoms with Gasteiger partial charge in [-0.3, -0.25) is 29.4 Å². The number of aldehydes is 1. The third kappa shape index (κ3) is 3.29. The van der Waals surface area contributed by atoms with E-state index in [1.807, 2.05) is 0 Å². The van der Waals surface area contributed by atoms with E-state index in [-0.39, 0.29) is 17.2 Å². The maximum atomic E-state index is 12.9. The Morgan fingerprint density at radius 2 is 2.00 bits per heavy atom. The Morgan fingerprint density at radius 1 is 1.29 bits per heavy atom. The van der Waals surface area contributed by atoms with Crippen LogP contribution in [0.2, 0.25) is 0 Å². The van der Waals surface area contributed by atoms with Gasteiger partial charge in [-0.2, -0.15) is 0 Å². The fourth-order valence-corrected chi connectivity index (χ4v) is 2.97. The summed E-state index contributed by atoms with van der Waals surface area (Å²) in [5, 5.41) is 14.0. The Morgan fingerprint density at radius 3 is 2.68 bits per heavy atom. The molecule has 144 valence electrons. The third-order valence-corrected chi connectivity index (χ3v) is 4.42. The summed E-state index contributed by atoms with van der Waals surface area (Å²) in [5.41, 5.74) is -0.489. The molecule has 0 saturated carbocycles. The van der Waals surface area contributed by atoms with Crippen LogP contribution >= 0.6 is 0 Å². The zero-order valence-corrected chi connectivity index (χ0v) is 15.2. The van der Waals surface area contributed by atoms with E-state index in [9.17, 15) is 24.5 Å². The van der Waals surface area contributed by atoms with Crippen molar-refractivity contribution < 1.29 is 24.0 Å². The predicted octanol–water partition coefficient (Wildman–Crippen LogP) is 2.55. The molecule has 2 aromatic rings. The second kappa shape index (κ2) is 7.10. The van der Waals surface area contributed by atoms with E-state index in [0.29, 0.717) is 17.7 Å². The molecule has 0 saturated heterocycles. The zero-order chi connectivity index (χ0) is 20.5. The molecule has 9 nitrogen and oxygen atoms in total. The number of hydrogen-bond donors (Lipinski definition) is 1. The fourth-order valence-electron chi connectivity index (χ4n) is 2.97. The molecule has 0 aromatic heterocycles. The highest BCUT2D eigenvalue weighted by Crippen LogP contribution is 2.37. The van der Waals surface area contributed by atoms with Crippen LogP contribution in [-0.2, 0) is 9.59 Å². The lowest BCUT2D eigenvalue weighted by Crippen LogP contribution is -2.59. The number of carbonyl (C=O) groups is 3. The number of fused-ring (bicyclic) bond motifs is 1. The number of benzene rings is 2. The van der Waals surface area contributed by atoms with Crippen molar-refractivity contribution in [1.82, 2.24) is 0 Å². The first-order valence-corrected chi connectivity index (χ1v) is 8.35. The van der Waals surface area contributed by atoms with Crippen molar-refractivity contribution in [2.45, 2.75) is 19.4 Å². The molecule has 0 radical (unpaired) electrons. The molecule has 0 aliphatic carbocycles. The summed E-state index contributed by atoms with van der Waals surface area (Å²) in [5.74, 6) is -1.04. The largest absolute Gasteiger partial charge is 0.477 e. The third-order valence-electron chi connectivity index (χ3n) is 4.42. The smallest absolute Gasteiger partial charge is 0.311 e. The quantitative estimate of drug-likeness (QED) is 0.481. The zero-order valence-electron chi connectivity index (χ0n) is 15.2. The molecule has 9 heteroatoms. The van der Waals surface area contributed by atoms with Gasteiger partial charge >= 0.3 is 5.69 Å². The van der Waals surface area contributed by atoms with Crippen molar-refractivity contribution in [2.75, 3.05) is 16.8 Å². The molecule has 0 bridgehead atoms. The van der Waals surface area contributed by atoms with E-state index in [1.165, 1.54) is 17.0 Å². The number of anilines is 2. The number of hydrogen-bond acceptors (Lipinski definition) is 6. The van der Waals surface area contributed by atoms with Crippen molar-refractivity contribution in [3.05, 3.63) is 58.1 Å². The lowest BCUT2D eigenvalue weighted by Gasteiger charge is -2.41. The van der Waals surface area contributed by atoms with E-state index < -0.39 is 28.7 Å². The fraction of sp³-hybridized carbons (Fsp3) is 0.211. The highest BCUT2D eigenvalue weighted by atomic mass is 16.6. The van der Waals surface area contributed by atoms with E-state index in [4.69, 9.17) is 4.74 Å². The first kappa shape index (κ1) is 19.0. The lowest BCUT2D eigenvalue weighted by molar-refractivity contribution is -0.385. The Bertz CT molecular complexity index is 985. The summed E-state index contributed by atoms with van der Waals surface area (Å²) in [6.07, 6.45) is 0.480. The summed E-state index contributed by atoms with van der Waals surface area (Å²) in [4.78, 5) is 48.0. The average molecular weight is 383 g/mol. The number of rotatable bonds is 5. The standard InChI is InChI=1S/C19H17N3O6/c1-19(2)18(25)20-13-5-3-4-6-14(13)21(19)17(24)11-28-16-8-7-12(10-23)9-15(16)22(26)27/h3-10H,11H2,1-2H3,(H,20,25). The molecule has 2 amide bonds. The molecule has 28 heavy (non-hydrogen) atoms. The molecule has 3 rings (SSSR count). The molecule has 0 spiro atoms. The van der Waals surface area contributed by atoms with Crippen LogP contribution < -0.4 is 15.0 Å². The van der Waals surface area contributed by atoms with Gasteiger partial charge in [0.05, 0.1) is 16.3 Å². The summed E-state index contributed by atoms with van der Waals surface area (Å²) in [6, 6.07) is 10.5. The highest BCUT2D eigenvalue weighted by Gasteiger charge is 2.43. The van der Waals surface area contributed by atoms with E-state index in [2.05, 4.69) is 5.32 Å². The van der Waals surface area contributed by atoms with Gasteiger partial charge in [-0.15, -0.1) is 0 Å². The number of nitrogens with one attached hydrogen (secondary N) is 1. The molecule has 0 unspecified atom stereocenters. The van der Waals surface area contributed by atoms with Crippen LogP contribution in [0.1, 0.15) is 24.2 Å². The summed E-state index contributed by atoms with van der Waals surface area (Å²) in [6.45, 7) is 2.67. The molecular formula is C19H17N3O6. The molecule has 1 aliphatic heterocycles. The second-order valence-electron chi connectivity index (χ2n) is 6.65. The first-order chi connectivity index (χ1) is 13.3. The normalized spacial score (nSPS) is 14.6. The molecule has 0 atom stereocenters. The van der Waals surface area contributed by atoms with Crippen molar-refractivity contribution in [2.24, 2.45) is 0 Å². The summed E-state index contributed by atoms with van der Waals surface area (Å²) < 4.78 is 5.38. The van der Waals surface area contributed by atoms with Crippen LogP contribution in [0.5, 0.6) is 5.75 Å². The van der Waals surface area contributed by atoms with Gasteiger partial charge in [-0.25, -0.2) is 0 Å². The van der Waals surface area contributed by atoms with Crippen LogP contribution in [0, 0.1) is 10.1 Å². The molecule has 1 aliphatic rings. The van der Waals surface area contributed by atoms with Crippen molar-refractivity contribution in [1.29, 1.82) is 0 Å². The number of nitrogens with zero attached hydrogens (tertiary/aromatic N) is 2. The van der Waals surface area contributed by atoms with Gasteiger partial charge < -0.3 is 10.1 Å². The van der Waals surface area contributed by atoms with Gasteiger partial charge in [0.2, 0.25) is 5.91 Å². The van der Waals surface area contributed by atoms with Crippen LogP contribution in [0.3, 0.4) is 0 Å². The van der Waals surface area contributed by atoms with Crippen LogP contribution in [0.15, 0.2) is 42.5 Å². The highest BCUT2D eigenvalue weighted by molar-refractivity contribution is 6.14. The molecule has 2 aromatic carbocycles. The van der Waals surface area contributed by atoms with Gasteiger partial charge in [0, 0.05) is 11.6 Å². The second-order valence-corrected chi connectivity index (χ2v) is 6.65. The maximum absolute atomic E-state index is 12.9. The van der Waals surface area contributed by atoms with Gasteiger partial charge in [0.15, 0.2) is 12.4 Å². The number of nitro benzene ring substituents is 1. The minimum atomic E-state index is -1.18. The van der Waals surface area contributed by atoms with Gasteiger partial charge in [-0.1, -0.05) is 12.1 Å². The molecule has 0 fully saturated rings. The Hall–Kier alpha value is -3.75. The number of amides is 2. The molecular weight excluding hydrogens is 366 g/mol. The number of nitro groups is 1. The van der Waals surface area contributed by atoms with Crippen molar-refractivity contribution >= 4 is 35.2 Å². The topological polar surface area (TPSA) is 119 Å². The van der Waals surface area contributed by atoms with Gasteiger partial charge in [0.1, 0.15) is 11.8 Å². The first-order valence-electron chi connectivity index (χ1n) is 8.35. The maximum Gasteiger partial charge on any atom is 0.311 e. The number of ether oxygens (including phenoxy) is 1. The average Bonchev–Trinajstić information content (AvgIpc) is 2.66. The number of para-hydroxylation sites is 2. The summed E-state index contributed by atoms with van der Waals surface area (Å²) in [7, 11) is 0. The van der Waals surface area contributed by atoms with E-state index in [0.717, 1.165) is 6.07 Å².